The van der Waals surface area contributed by atoms with E-state index in [0.29, 0.717) is 0 Å². The Hall–Kier alpha value is -1.19. The summed E-state index contributed by atoms with van der Waals surface area (Å²) in [6.45, 7) is 0. The van der Waals surface area contributed by atoms with Crippen molar-refractivity contribution in [2.45, 2.75) is 31.2 Å². The van der Waals surface area contributed by atoms with E-state index in [0.717, 1.165) is 21.6 Å². The third kappa shape index (κ3) is 2.72. The van der Waals surface area contributed by atoms with Gasteiger partial charge in [-0.15, -0.1) is 0 Å². The molecule has 0 bridgehead atoms. The van der Waals surface area contributed by atoms with Gasteiger partial charge in [0.05, 0.1) is 11.7 Å². The van der Waals surface area contributed by atoms with Crippen LogP contribution in [0.1, 0.15) is 48.0 Å². The van der Waals surface area contributed by atoms with Crippen molar-refractivity contribution in [2.24, 2.45) is 5.73 Å². The number of nitrogens with zero attached hydrogens (tertiary/aromatic N) is 1. The van der Waals surface area contributed by atoms with Crippen molar-refractivity contribution in [1.29, 1.82) is 0 Å². The zero-order valence-electron chi connectivity index (χ0n) is 10.7. The number of aromatic nitrogens is 1. The van der Waals surface area contributed by atoms with E-state index in [1.54, 1.807) is 6.20 Å². The van der Waals surface area contributed by atoms with Gasteiger partial charge in [-0.25, -0.2) is 0 Å². The van der Waals surface area contributed by atoms with Crippen LogP contribution in [0.3, 0.4) is 0 Å². The number of nitrogens with two attached hydrogens (primary N) is 1. The normalized spacial score (nSPS) is 16.9. The smallest absolute Gasteiger partial charge is 0.0726 e. The van der Waals surface area contributed by atoms with E-state index in [1.165, 1.54) is 24.8 Å². The van der Waals surface area contributed by atoms with Crippen LogP contribution in [0.15, 0.2) is 47.1 Å². The van der Waals surface area contributed by atoms with Crippen molar-refractivity contribution in [3.05, 3.63) is 63.9 Å². The molecule has 0 spiro atoms. The standard InChI is InChI=1S/C16H17BrN2/c17-14-8-9-15(19-10-14)16(18)13-6-4-12(5-7-13)11-2-1-3-11/h4-11,16H,1-3,18H2. The summed E-state index contributed by atoms with van der Waals surface area (Å²) in [4.78, 5) is 4.37. The fourth-order valence-corrected chi connectivity index (χ4v) is 2.69. The van der Waals surface area contributed by atoms with E-state index in [1.807, 2.05) is 12.1 Å². The van der Waals surface area contributed by atoms with Crippen LogP contribution in [0, 0.1) is 0 Å². The summed E-state index contributed by atoms with van der Waals surface area (Å²) in [5.74, 6) is 0.774. The maximum absolute atomic E-state index is 6.26. The third-order valence-electron chi connectivity index (χ3n) is 3.94. The summed E-state index contributed by atoms with van der Waals surface area (Å²) in [6.07, 6.45) is 5.83. The lowest BCUT2D eigenvalue weighted by molar-refractivity contribution is 0.419. The first-order valence-corrected chi connectivity index (χ1v) is 7.50. The maximum Gasteiger partial charge on any atom is 0.0726 e. The Balaban J connectivity index is 1.79. The van der Waals surface area contributed by atoms with Crippen molar-refractivity contribution in [2.75, 3.05) is 0 Å². The fraction of sp³-hybridized carbons (Fsp3) is 0.312. The number of rotatable bonds is 3. The summed E-state index contributed by atoms with van der Waals surface area (Å²) >= 11 is 3.39. The Bertz CT molecular complexity index is 544. The molecule has 1 saturated carbocycles. The van der Waals surface area contributed by atoms with E-state index in [2.05, 4.69) is 45.2 Å². The van der Waals surface area contributed by atoms with Gasteiger partial charge in [-0.2, -0.15) is 0 Å². The lowest BCUT2D eigenvalue weighted by Gasteiger charge is -2.26. The molecule has 1 fully saturated rings. The molecule has 1 atom stereocenters. The molecule has 1 aliphatic rings. The minimum Gasteiger partial charge on any atom is -0.319 e. The van der Waals surface area contributed by atoms with Gasteiger partial charge in [0.25, 0.3) is 0 Å². The number of hydrogen-bond acceptors (Lipinski definition) is 2. The Morgan fingerprint density at radius 2 is 1.84 bits per heavy atom. The maximum atomic E-state index is 6.26. The lowest BCUT2D eigenvalue weighted by atomic mass is 9.80. The highest BCUT2D eigenvalue weighted by Gasteiger charge is 2.19. The Morgan fingerprint density at radius 3 is 2.37 bits per heavy atom. The second-order valence-electron chi connectivity index (χ2n) is 5.17. The minimum absolute atomic E-state index is 0.149. The predicted molar refractivity (Wildman–Crippen MR) is 81.0 cm³/mol. The molecule has 2 N–H and O–H groups in total. The molecule has 2 aromatic rings. The van der Waals surface area contributed by atoms with Crippen LogP contribution in [-0.2, 0) is 0 Å². The summed E-state index contributed by atoms with van der Waals surface area (Å²) < 4.78 is 0.976. The molecule has 0 radical (unpaired) electrons. The SMILES string of the molecule is NC(c1ccc(C2CCC2)cc1)c1ccc(Br)cn1. The van der Waals surface area contributed by atoms with E-state index in [4.69, 9.17) is 5.73 Å². The molecule has 98 valence electrons. The van der Waals surface area contributed by atoms with Crippen molar-refractivity contribution >= 4 is 15.9 Å². The largest absolute Gasteiger partial charge is 0.319 e. The molecule has 1 aliphatic carbocycles. The summed E-state index contributed by atoms with van der Waals surface area (Å²) in [5, 5.41) is 0. The average molecular weight is 317 g/mol. The summed E-state index contributed by atoms with van der Waals surface area (Å²) in [7, 11) is 0. The number of halogens is 1. The highest BCUT2D eigenvalue weighted by atomic mass is 79.9. The molecule has 3 heteroatoms. The minimum atomic E-state index is -0.149. The van der Waals surface area contributed by atoms with Crippen LogP contribution in [0.2, 0.25) is 0 Å². The van der Waals surface area contributed by atoms with Gasteiger partial charge >= 0.3 is 0 Å². The average Bonchev–Trinajstić information content (AvgIpc) is 2.38. The molecule has 19 heavy (non-hydrogen) atoms. The Labute approximate surface area is 122 Å². The van der Waals surface area contributed by atoms with Gasteiger partial charge < -0.3 is 5.73 Å². The molecule has 0 saturated heterocycles. The molecular weight excluding hydrogens is 300 g/mol. The number of benzene rings is 1. The van der Waals surface area contributed by atoms with Crippen molar-refractivity contribution in [1.82, 2.24) is 4.98 Å². The van der Waals surface area contributed by atoms with Gasteiger partial charge in [-0.1, -0.05) is 30.7 Å². The predicted octanol–water partition coefficient (Wildman–Crippen LogP) is 4.16. The first-order chi connectivity index (χ1) is 9.24. The fourth-order valence-electron chi connectivity index (χ4n) is 2.46. The molecule has 3 rings (SSSR count). The zero-order valence-corrected chi connectivity index (χ0v) is 12.3. The van der Waals surface area contributed by atoms with Crippen molar-refractivity contribution < 1.29 is 0 Å². The van der Waals surface area contributed by atoms with Crippen molar-refractivity contribution in [3.8, 4) is 0 Å². The first-order valence-electron chi connectivity index (χ1n) is 6.71. The monoisotopic (exact) mass is 316 g/mol. The molecular formula is C16H17BrN2. The van der Waals surface area contributed by atoms with Gasteiger partial charge in [0.2, 0.25) is 0 Å². The first kappa shape index (κ1) is 12.8. The zero-order chi connectivity index (χ0) is 13.2. The molecule has 1 aromatic carbocycles. The van der Waals surface area contributed by atoms with Gasteiger partial charge in [-0.3, -0.25) is 4.98 Å². The lowest BCUT2D eigenvalue weighted by Crippen LogP contribution is -2.14. The number of hydrogen-bond donors (Lipinski definition) is 1. The second-order valence-corrected chi connectivity index (χ2v) is 6.09. The van der Waals surface area contributed by atoms with Gasteiger partial charge in [-0.05, 0) is 57.9 Å². The number of pyridine rings is 1. The van der Waals surface area contributed by atoms with E-state index >= 15 is 0 Å². The van der Waals surface area contributed by atoms with Crippen LogP contribution in [-0.4, -0.2) is 4.98 Å². The molecule has 0 aliphatic heterocycles. The highest BCUT2D eigenvalue weighted by Crippen LogP contribution is 2.36. The van der Waals surface area contributed by atoms with E-state index in [9.17, 15) is 0 Å². The van der Waals surface area contributed by atoms with Crippen LogP contribution >= 0.6 is 15.9 Å². The second kappa shape index (κ2) is 5.43. The molecule has 2 nitrogen and oxygen atoms in total. The van der Waals surface area contributed by atoms with Gasteiger partial charge in [0.1, 0.15) is 0 Å². The highest BCUT2D eigenvalue weighted by molar-refractivity contribution is 9.10. The summed E-state index contributed by atoms with van der Waals surface area (Å²) in [6, 6.07) is 12.5. The van der Waals surface area contributed by atoms with Crippen LogP contribution in [0.5, 0.6) is 0 Å². The van der Waals surface area contributed by atoms with Crippen LogP contribution in [0.25, 0.3) is 0 Å². The molecule has 0 amide bonds. The van der Waals surface area contributed by atoms with Gasteiger partial charge in [0.15, 0.2) is 0 Å². The molecule has 1 unspecified atom stereocenters. The third-order valence-corrected chi connectivity index (χ3v) is 4.41. The van der Waals surface area contributed by atoms with Crippen molar-refractivity contribution in [3.63, 3.8) is 0 Å². The Kier molecular flexibility index (Phi) is 3.67. The van der Waals surface area contributed by atoms with E-state index < -0.39 is 0 Å². The van der Waals surface area contributed by atoms with Crippen LogP contribution in [0.4, 0.5) is 0 Å². The molecule has 1 aromatic heterocycles. The molecule has 1 heterocycles. The Morgan fingerprint density at radius 1 is 1.11 bits per heavy atom. The topological polar surface area (TPSA) is 38.9 Å². The summed E-state index contributed by atoms with van der Waals surface area (Å²) in [5.41, 5.74) is 9.74. The van der Waals surface area contributed by atoms with Gasteiger partial charge in [0, 0.05) is 10.7 Å². The van der Waals surface area contributed by atoms with Crippen LogP contribution < -0.4 is 5.73 Å². The van der Waals surface area contributed by atoms with E-state index in [-0.39, 0.29) is 6.04 Å². The quantitative estimate of drug-likeness (QED) is 0.923.